The number of anilines is 1. The average Bonchev–Trinajstić information content (AvgIpc) is 3.17. The van der Waals surface area contributed by atoms with E-state index in [1.165, 1.54) is 21.5 Å². The first-order valence-corrected chi connectivity index (χ1v) is 10.5. The molecule has 1 aliphatic heterocycles. The second-order valence-electron chi connectivity index (χ2n) is 7.93. The van der Waals surface area contributed by atoms with Gasteiger partial charge in [0.05, 0.1) is 31.2 Å². The molecule has 1 aliphatic rings. The van der Waals surface area contributed by atoms with Crippen LogP contribution in [0.15, 0.2) is 78.9 Å². The highest BCUT2D eigenvalue weighted by atomic mass is 16.5. The number of methoxy groups -OCH3 is 1. The van der Waals surface area contributed by atoms with Gasteiger partial charge in [-0.25, -0.2) is 4.98 Å². The van der Waals surface area contributed by atoms with Crippen LogP contribution in [-0.4, -0.2) is 29.9 Å². The molecule has 0 aliphatic carbocycles. The number of aromatic nitrogens is 2. The van der Waals surface area contributed by atoms with Crippen molar-refractivity contribution in [1.82, 2.24) is 9.55 Å². The Morgan fingerprint density at radius 1 is 0.900 bits per heavy atom. The Labute approximate surface area is 177 Å². The first-order valence-electron chi connectivity index (χ1n) is 10.5. The molecule has 30 heavy (non-hydrogen) atoms. The number of hydrogen-bond donors (Lipinski definition) is 1. The first-order chi connectivity index (χ1) is 14.8. The Morgan fingerprint density at radius 3 is 2.37 bits per heavy atom. The van der Waals surface area contributed by atoms with Crippen molar-refractivity contribution in [2.24, 2.45) is 0 Å². The number of quaternary nitrogens is 1. The fourth-order valence-electron chi connectivity index (χ4n) is 4.29. The van der Waals surface area contributed by atoms with E-state index in [2.05, 4.69) is 76.2 Å². The summed E-state index contributed by atoms with van der Waals surface area (Å²) in [6, 6.07) is 27.6. The highest BCUT2D eigenvalue weighted by Crippen LogP contribution is 2.27. The van der Waals surface area contributed by atoms with Gasteiger partial charge in [-0.3, -0.25) is 9.47 Å². The van der Waals surface area contributed by atoms with Gasteiger partial charge in [0.25, 0.3) is 0 Å². The number of imidazole rings is 1. The maximum Gasteiger partial charge on any atom is 0.215 e. The number of fused-ring (bicyclic) bond motifs is 3. The number of rotatable bonds is 6. The molecule has 1 unspecified atom stereocenters. The van der Waals surface area contributed by atoms with E-state index >= 15 is 0 Å². The second kappa shape index (κ2) is 8.20. The van der Waals surface area contributed by atoms with Crippen molar-refractivity contribution in [2.45, 2.75) is 19.6 Å². The van der Waals surface area contributed by atoms with Gasteiger partial charge in [0, 0.05) is 12.5 Å². The van der Waals surface area contributed by atoms with Gasteiger partial charge in [0.2, 0.25) is 5.95 Å². The minimum absolute atomic E-state index is 0.848. The third kappa shape index (κ3) is 3.76. The van der Waals surface area contributed by atoms with Crippen LogP contribution in [0.1, 0.15) is 11.1 Å². The molecule has 3 aromatic carbocycles. The number of nitrogens with zero attached hydrogens (tertiary/aromatic N) is 3. The van der Waals surface area contributed by atoms with Gasteiger partial charge in [-0.2, -0.15) is 0 Å². The van der Waals surface area contributed by atoms with E-state index in [-0.39, 0.29) is 0 Å². The van der Waals surface area contributed by atoms with Gasteiger partial charge in [-0.05, 0) is 23.3 Å². The first kappa shape index (κ1) is 18.7. The van der Waals surface area contributed by atoms with Gasteiger partial charge in [-0.1, -0.05) is 60.7 Å². The van der Waals surface area contributed by atoms with Gasteiger partial charge in [-0.15, -0.1) is 0 Å². The lowest BCUT2D eigenvalue weighted by molar-refractivity contribution is -0.924. The summed E-state index contributed by atoms with van der Waals surface area (Å²) in [5, 5.41) is 0. The summed E-state index contributed by atoms with van der Waals surface area (Å²) >= 11 is 0. The Hall–Kier alpha value is -3.31. The molecule has 0 spiro atoms. The third-order valence-electron chi connectivity index (χ3n) is 5.84. The summed E-state index contributed by atoms with van der Waals surface area (Å²) < 4.78 is 7.78. The molecule has 1 aromatic heterocycles. The predicted octanol–water partition coefficient (Wildman–Crippen LogP) is 3.11. The van der Waals surface area contributed by atoms with Crippen LogP contribution >= 0.6 is 0 Å². The van der Waals surface area contributed by atoms with Crippen molar-refractivity contribution in [3.63, 3.8) is 0 Å². The van der Waals surface area contributed by atoms with Crippen LogP contribution in [0.25, 0.3) is 11.0 Å². The van der Waals surface area contributed by atoms with Crippen LogP contribution in [0.4, 0.5) is 5.95 Å². The summed E-state index contributed by atoms with van der Waals surface area (Å²) in [5.74, 6) is 1.89. The molecular formula is C25H27N4O+. The molecule has 1 N–H and O–H groups in total. The monoisotopic (exact) mass is 399 g/mol. The minimum Gasteiger partial charge on any atom is -0.497 e. The molecule has 152 valence electrons. The van der Waals surface area contributed by atoms with Crippen LogP contribution < -0.4 is 14.5 Å². The quantitative estimate of drug-likeness (QED) is 0.541. The molecule has 0 bridgehead atoms. The Kier molecular flexibility index (Phi) is 5.11. The van der Waals surface area contributed by atoms with Gasteiger partial charge in [0.1, 0.15) is 5.75 Å². The highest BCUT2D eigenvalue weighted by Gasteiger charge is 2.28. The van der Waals surface area contributed by atoms with E-state index < -0.39 is 0 Å². The number of benzene rings is 3. The van der Waals surface area contributed by atoms with Crippen molar-refractivity contribution >= 4 is 17.0 Å². The third-order valence-corrected chi connectivity index (χ3v) is 5.84. The summed E-state index contributed by atoms with van der Waals surface area (Å²) in [5.41, 5.74) is 4.86. The highest BCUT2D eigenvalue weighted by molar-refractivity contribution is 5.80. The Balaban J connectivity index is 1.46. The predicted molar refractivity (Wildman–Crippen MR) is 120 cm³/mol. The molecular weight excluding hydrogens is 372 g/mol. The molecule has 5 heteroatoms. The lowest BCUT2D eigenvalue weighted by Gasteiger charge is -2.34. The van der Waals surface area contributed by atoms with E-state index in [0.29, 0.717) is 0 Å². The van der Waals surface area contributed by atoms with Crippen molar-refractivity contribution in [1.29, 1.82) is 0 Å². The van der Waals surface area contributed by atoms with Crippen LogP contribution in [0, 0.1) is 0 Å². The van der Waals surface area contributed by atoms with E-state index in [9.17, 15) is 0 Å². The van der Waals surface area contributed by atoms with Gasteiger partial charge >= 0.3 is 0 Å². The smallest absolute Gasteiger partial charge is 0.215 e. The fourth-order valence-corrected chi connectivity index (χ4v) is 4.29. The van der Waals surface area contributed by atoms with Crippen molar-refractivity contribution in [3.8, 4) is 5.75 Å². The normalized spacial score (nSPS) is 15.9. The van der Waals surface area contributed by atoms with Crippen molar-refractivity contribution in [3.05, 3.63) is 90.0 Å². The standard InChI is InChI=1S/C25H26N4O/c1-30-22-12-13-24-23(16-22)26-25-28(17-21-10-6-3-7-11-21)18-27(19-29(24)25)15-14-20-8-4-2-5-9-20/h2-13,16H,14-15,17-19H2,1H3/p+1. The van der Waals surface area contributed by atoms with Crippen molar-refractivity contribution in [2.75, 3.05) is 25.2 Å². The Morgan fingerprint density at radius 2 is 1.63 bits per heavy atom. The molecule has 1 atom stereocenters. The molecule has 4 aromatic rings. The van der Waals surface area contributed by atoms with E-state index in [1.54, 1.807) is 7.11 Å². The maximum atomic E-state index is 5.42. The molecule has 0 radical (unpaired) electrons. The van der Waals surface area contributed by atoms with Crippen molar-refractivity contribution < 1.29 is 9.64 Å². The lowest BCUT2D eigenvalue weighted by Crippen LogP contribution is -3.14. The zero-order valence-corrected chi connectivity index (χ0v) is 17.3. The van der Waals surface area contributed by atoms with E-state index in [0.717, 1.165) is 50.1 Å². The largest absolute Gasteiger partial charge is 0.497 e. The zero-order chi connectivity index (χ0) is 20.3. The molecule has 5 rings (SSSR count). The zero-order valence-electron chi connectivity index (χ0n) is 17.3. The molecule has 2 heterocycles. The van der Waals surface area contributed by atoms with Crippen LogP contribution in [0.2, 0.25) is 0 Å². The van der Waals surface area contributed by atoms with E-state index in [1.807, 2.05) is 12.1 Å². The number of nitrogens with one attached hydrogen (secondary N) is 1. The maximum absolute atomic E-state index is 5.42. The van der Waals surface area contributed by atoms with Gasteiger partial charge in [0.15, 0.2) is 13.3 Å². The lowest BCUT2D eigenvalue weighted by atomic mass is 10.1. The number of hydrogen-bond acceptors (Lipinski definition) is 3. The topological polar surface area (TPSA) is 34.7 Å². The van der Waals surface area contributed by atoms with Crippen LogP contribution in [0.3, 0.4) is 0 Å². The average molecular weight is 400 g/mol. The van der Waals surface area contributed by atoms with Gasteiger partial charge < -0.3 is 9.64 Å². The molecule has 5 nitrogen and oxygen atoms in total. The molecule has 0 fully saturated rings. The SMILES string of the molecule is COc1ccc2c(c1)nc1n2C[NH+](CCc2ccccc2)CN1Cc1ccccc1. The molecule has 0 saturated carbocycles. The number of ether oxygens (including phenoxy) is 1. The van der Waals surface area contributed by atoms with E-state index in [4.69, 9.17) is 9.72 Å². The second-order valence-corrected chi connectivity index (χ2v) is 7.93. The van der Waals surface area contributed by atoms with Crippen LogP contribution in [-0.2, 0) is 19.6 Å². The summed E-state index contributed by atoms with van der Waals surface area (Å²) in [6.07, 6.45) is 1.07. The minimum atomic E-state index is 0.848. The van der Waals surface area contributed by atoms with Crippen LogP contribution in [0.5, 0.6) is 5.75 Å². The summed E-state index contributed by atoms with van der Waals surface area (Å²) in [6.45, 7) is 3.82. The summed E-state index contributed by atoms with van der Waals surface area (Å²) in [4.78, 5) is 8.94. The molecule has 0 amide bonds. The molecule has 0 saturated heterocycles. The summed E-state index contributed by atoms with van der Waals surface area (Å²) in [7, 11) is 1.70. The Bertz CT molecular complexity index is 1120. The fraction of sp³-hybridized carbons (Fsp3) is 0.240.